The summed E-state index contributed by atoms with van der Waals surface area (Å²) in [4.78, 5) is 60.4. The van der Waals surface area contributed by atoms with E-state index in [-0.39, 0.29) is 36.2 Å². The molecule has 0 aliphatic heterocycles. The van der Waals surface area contributed by atoms with Crippen LogP contribution >= 0.6 is 0 Å². The predicted molar refractivity (Wildman–Crippen MR) is 192 cm³/mol. The predicted octanol–water partition coefficient (Wildman–Crippen LogP) is 3.66. The molecular formula is C35H38N12O4. The average Bonchev–Trinajstić information content (AvgIpc) is 3.87. The van der Waals surface area contributed by atoms with Crippen molar-refractivity contribution in [3.63, 3.8) is 0 Å². The Hall–Kier alpha value is -6.58. The molecule has 0 saturated heterocycles. The van der Waals surface area contributed by atoms with Gasteiger partial charge >= 0.3 is 0 Å². The van der Waals surface area contributed by atoms with Gasteiger partial charge in [-0.2, -0.15) is 10.2 Å². The Balaban J connectivity index is 1.32. The number of amides is 4. The minimum atomic E-state index is -0.591. The molecule has 5 N–H and O–H groups in total. The highest BCUT2D eigenvalue weighted by Gasteiger charge is 2.20. The van der Waals surface area contributed by atoms with E-state index in [1.807, 2.05) is 49.0 Å². The smallest absolute Gasteiger partial charge is 0.276 e. The molecule has 0 aliphatic carbocycles. The Labute approximate surface area is 292 Å². The number of rotatable bonds is 12. The molecule has 0 unspecified atom stereocenters. The fraction of sp³-hybridized carbons (Fsp3) is 0.257. The molecule has 2 aromatic carbocycles. The van der Waals surface area contributed by atoms with Crippen LogP contribution in [0.3, 0.4) is 0 Å². The maximum atomic E-state index is 13.4. The maximum absolute atomic E-state index is 13.4. The highest BCUT2D eigenvalue weighted by molar-refractivity contribution is 6.04. The molecule has 0 atom stereocenters. The van der Waals surface area contributed by atoms with Crippen LogP contribution in [0, 0.1) is 13.8 Å². The number of carbonyl (C=O) groups excluding carboxylic acids is 4. The van der Waals surface area contributed by atoms with E-state index < -0.39 is 5.91 Å². The first-order valence-corrected chi connectivity index (χ1v) is 16.4. The van der Waals surface area contributed by atoms with Crippen molar-refractivity contribution in [1.82, 2.24) is 44.0 Å². The van der Waals surface area contributed by atoms with Gasteiger partial charge in [0.1, 0.15) is 11.4 Å². The molecule has 4 amide bonds. The van der Waals surface area contributed by atoms with E-state index in [9.17, 15) is 19.2 Å². The van der Waals surface area contributed by atoms with Gasteiger partial charge in [-0.05, 0) is 76.2 Å². The summed E-state index contributed by atoms with van der Waals surface area (Å²) in [5.41, 5.74) is 10.8. The Bertz CT molecular complexity index is 2360. The molecule has 4 aromatic heterocycles. The highest BCUT2D eigenvalue weighted by atomic mass is 16.2. The summed E-state index contributed by atoms with van der Waals surface area (Å²) >= 11 is 0. The van der Waals surface area contributed by atoms with Crippen LogP contribution < -0.4 is 21.7 Å². The molecule has 16 heteroatoms. The molecule has 0 spiro atoms. The molecule has 16 nitrogen and oxygen atoms in total. The summed E-state index contributed by atoms with van der Waals surface area (Å²) in [6.45, 7) is 9.06. The number of fused-ring (bicyclic) bond motifs is 2. The molecule has 0 radical (unpaired) electrons. The highest BCUT2D eigenvalue weighted by Crippen LogP contribution is 2.24. The van der Waals surface area contributed by atoms with E-state index in [0.717, 1.165) is 0 Å². The van der Waals surface area contributed by atoms with Crippen LogP contribution in [0.4, 0.5) is 11.9 Å². The largest absolute Gasteiger partial charge is 0.366 e. The van der Waals surface area contributed by atoms with Gasteiger partial charge in [0.25, 0.3) is 17.7 Å². The van der Waals surface area contributed by atoms with Crippen molar-refractivity contribution in [1.29, 1.82) is 0 Å². The average molecular weight is 691 g/mol. The van der Waals surface area contributed by atoms with Gasteiger partial charge in [0.05, 0.1) is 33.5 Å². The van der Waals surface area contributed by atoms with Crippen LogP contribution in [0.25, 0.3) is 22.1 Å². The lowest BCUT2D eigenvalue weighted by atomic mass is 10.2. The number of nitrogens with zero attached hydrogens (tertiary/aromatic N) is 8. The van der Waals surface area contributed by atoms with Crippen molar-refractivity contribution in [2.24, 2.45) is 5.73 Å². The third-order valence-electron chi connectivity index (χ3n) is 8.33. The second-order valence-electron chi connectivity index (χ2n) is 11.8. The molecule has 0 bridgehead atoms. The van der Waals surface area contributed by atoms with E-state index >= 15 is 0 Å². The number of aromatic nitrogens is 8. The minimum absolute atomic E-state index is 0.257. The summed E-state index contributed by atoms with van der Waals surface area (Å²) in [5, 5.41) is 17.2. The normalized spacial score (nSPS) is 11.5. The zero-order valence-electron chi connectivity index (χ0n) is 28.9. The fourth-order valence-corrected chi connectivity index (χ4v) is 5.89. The van der Waals surface area contributed by atoms with Gasteiger partial charge in [0.2, 0.25) is 17.8 Å². The lowest BCUT2D eigenvalue weighted by molar-refractivity contribution is 0.0960. The topological polar surface area (TPSA) is 202 Å². The van der Waals surface area contributed by atoms with Crippen LogP contribution in [0.1, 0.15) is 66.9 Å². The molecule has 0 saturated carbocycles. The van der Waals surface area contributed by atoms with Gasteiger partial charge in [-0.1, -0.05) is 12.2 Å². The van der Waals surface area contributed by atoms with Crippen molar-refractivity contribution < 1.29 is 19.2 Å². The number of primary amides is 1. The van der Waals surface area contributed by atoms with E-state index in [1.165, 1.54) is 0 Å². The first-order valence-electron chi connectivity index (χ1n) is 16.4. The van der Waals surface area contributed by atoms with Crippen molar-refractivity contribution in [3.8, 4) is 0 Å². The third-order valence-corrected chi connectivity index (χ3v) is 8.33. The van der Waals surface area contributed by atoms with Gasteiger partial charge in [0.15, 0.2) is 0 Å². The number of benzene rings is 2. The summed E-state index contributed by atoms with van der Waals surface area (Å²) in [6.07, 6.45) is 3.79. The number of allylic oxidation sites excluding steroid dienone is 2. The fourth-order valence-electron chi connectivity index (χ4n) is 5.89. The standard InChI is InChI=1S/C35H38N12O4/c1-6-46-28(16-20(3)42-46)32(50)40-34-38-24-18-22(30(36)48)10-12-26(24)44(34)14-8-9-15-45-27-13-11-23(31(49)37-5)19-25(27)39-35(45)41-33(51)29-17-21(4)43-47(29)7-2/h8-13,16-19H,6-7,14-15H2,1-5H3,(H2,36,48)(H,37,49)(H,38,40,50)(H,39,41,51)/b9-8+. The third kappa shape index (κ3) is 6.83. The first-order chi connectivity index (χ1) is 24.5. The number of aryl methyl sites for hydroxylation is 4. The molecule has 6 rings (SSSR count). The van der Waals surface area contributed by atoms with Crippen LogP contribution in [0.2, 0.25) is 0 Å². The lowest BCUT2D eigenvalue weighted by Gasteiger charge is -2.10. The zero-order valence-corrected chi connectivity index (χ0v) is 28.9. The second-order valence-corrected chi connectivity index (χ2v) is 11.8. The monoisotopic (exact) mass is 690 g/mol. The van der Waals surface area contributed by atoms with Gasteiger partial charge in [0, 0.05) is 44.4 Å². The van der Waals surface area contributed by atoms with E-state index in [2.05, 4.69) is 36.1 Å². The second kappa shape index (κ2) is 14.1. The van der Waals surface area contributed by atoms with Crippen LogP contribution in [0.15, 0.2) is 60.7 Å². The number of carbonyl (C=O) groups is 4. The van der Waals surface area contributed by atoms with Crippen LogP contribution in [0.5, 0.6) is 0 Å². The molecule has 0 fully saturated rings. The Morgan fingerprint density at radius 1 is 0.686 bits per heavy atom. The van der Waals surface area contributed by atoms with Gasteiger partial charge in [-0.15, -0.1) is 0 Å². The first kappa shape index (κ1) is 34.3. The van der Waals surface area contributed by atoms with E-state index in [0.29, 0.717) is 75.6 Å². The van der Waals surface area contributed by atoms with Crippen LogP contribution in [-0.4, -0.2) is 69.3 Å². The number of nitrogens with one attached hydrogen (secondary N) is 3. The number of hydrogen-bond donors (Lipinski definition) is 4. The summed E-state index contributed by atoms with van der Waals surface area (Å²) in [6, 6.07) is 13.5. The molecule has 6 aromatic rings. The number of hydrogen-bond acceptors (Lipinski definition) is 8. The molecule has 51 heavy (non-hydrogen) atoms. The van der Waals surface area contributed by atoms with Crippen molar-refractivity contribution in [2.45, 2.75) is 53.9 Å². The maximum Gasteiger partial charge on any atom is 0.276 e. The Morgan fingerprint density at radius 2 is 1.14 bits per heavy atom. The van der Waals surface area contributed by atoms with Crippen LogP contribution in [-0.2, 0) is 26.2 Å². The molecular weight excluding hydrogens is 652 g/mol. The molecule has 262 valence electrons. The summed E-state index contributed by atoms with van der Waals surface area (Å²) in [7, 11) is 1.55. The number of imidazole rings is 2. The number of nitrogens with two attached hydrogens (primary N) is 1. The lowest BCUT2D eigenvalue weighted by Crippen LogP contribution is -2.20. The van der Waals surface area contributed by atoms with E-state index in [4.69, 9.17) is 5.73 Å². The Morgan fingerprint density at radius 3 is 1.57 bits per heavy atom. The Kier molecular flexibility index (Phi) is 9.48. The van der Waals surface area contributed by atoms with Gasteiger partial charge in [-0.25, -0.2) is 9.97 Å². The van der Waals surface area contributed by atoms with Gasteiger partial charge in [-0.3, -0.25) is 39.2 Å². The summed E-state index contributed by atoms with van der Waals surface area (Å²) < 4.78 is 6.88. The van der Waals surface area contributed by atoms with Crippen molar-refractivity contribution >= 4 is 57.6 Å². The molecule has 4 heterocycles. The SMILES string of the molecule is CCn1nc(C)cc1C(=O)Nc1nc2cc(C(N)=O)ccc2n1C/C=C/Cn1c(NC(=O)c2cc(C)nn2CC)nc2cc(C(=O)NC)ccc21. The van der Waals surface area contributed by atoms with E-state index in [1.54, 1.807) is 64.9 Å². The van der Waals surface area contributed by atoms with Crippen molar-refractivity contribution in [2.75, 3.05) is 17.7 Å². The van der Waals surface area contributed by atoms with Crippen molar-refractivity contribution in [3.05, 3.63) is 94.6 Å². The van der Waals surface area contributed by atoms with Gasteiger partial charge < -0.3 is 20.2 Å². The summed E-state index contributed by atoms with van der Waals surface area (Å²) in [5.74, 6) is -1.04. The number of anilines is 2. The zero-order chi connectivity index (χ0) is 36.4. The quantitative estimate of drug-likeness (QED) is 0.139. The molecule has 0 aliphatic rings. The minimum Gasteiger partial charge on any atom is -0.366 e.